The number of piperidine rings is 1. The van der Waals surface area contributed by atoms with Gasteiger partial charge in [-0.15, -0.1) is 0 Å². The first-order valence-corrected chi connectivity index (χ1v) is 11.6. The lowest BCUT2D eigenvalue weighted by atomic mass is 10.0. The minimum Gasteiger partial charge on any atom is -0.447 e. The van der Waals surface area contributed by atoms with Gasteiger partial charge in [-0.1, -0.05) is 19.9 Å². The molecule has 0 spiro atoms. The molecule has 4 rings (SSSR count). The number of anilines is 2. The number of hydrogen-bond donors (Lipinski definition) is 2. The molecule has 2 amide bonds. The number of aliphatic hydroxyl groups excluding tert-OH is 1. The Kier molecular flexibility index (Phi) is 6.97. The fourth-order valence-electron chi connectivity index (χ4n) is 4.30. The Morgan fingerprint density at radius 1 is 1.29 bits per heavy atom. The number of amides is 2. The number of aromatic nitrogens is 2. The lowest BCUT2D eigenvalue weighted by Crippen LogP contribution is -2.42. The van der Waals surface area contributed by atoms with Crippen LogP contribution in [0.2, 0.25) is 0 Å². The van der Waals surface area contributed by atoms with E-state index in [0.717, 1.165) is 0 Å². The monoisotopic (exact) mass is 471 g/mol. The number of nitrogens with one attached hydrogen (secondary N) is 1. The van der Waals surface area contributed by atoms with Gasteiger partial charge in [-0.3, -0.25) is 9.69 Å². The topological polar surface area (TPSA) is 108 Å². The minimum atomic E-state index is -0.620. The quantitative estimate of drug-likeness (QED) is 0.665. The summed E-state index contributed by atoms with van der Waals surface area (Å²) in [6, 6.07) is 5.64. The Morgan fingerprint density at radius 2 is 2.09 bits per heavy atom. The van der Waals surface area contributed by atoms with Crippen LogP contribution in [0.15, 0.2) is 30.5 Å². The third kappa shape index (κ3) is 4.96. The maximum atomic E-state index is 14.9. The number of benzene rings is 1. The van der Waals surface area contributed by atoms with E-state index >= 15 is 0 Å². The predicted octanol–water partition coefficient (Wildman–Crippen LogP) is 3.37. The molecule has 182 valence electrons. The molecular weight excluding hydrogens is 441 g/mol. The van der Waals surface area contributed by atoms with Gasteiger partial charge in [0.1, 0.15) is 18.2 Å². The number of carbonyl (C=O) groups excluding carboxylic acids is 2. The summed E-state index contributed by atoms with van der Waals surface area (Å²) in [5.74, 6) is -0.131. The van der Waals surface area contributed by atoms with Crippen molar-refractivity contribution in [3.05, 3.63) is 47.4 Å². The van der Waals surface area contributed by atoms with Crippen LogP contribution in [0.1, 0.15) is 55.6 Å². The Balaban J connectivity index is 1.47. The van der Waals surface area contributed by atoms with Crippen molar-refractivity contribution in [1.29, 1.82) is 0 Å². The molecule has 2 fully saturated rings. The number of ether oxygens (including phenoxy) is 1. The van der Waals surface area contributed by atoms with Crippen LogP contribution in [0.4, 0.5) is 21.0 Å². The van der Waals surface area contributed by atoms with Crippen LogP contribution in [-0.2, 0) is 4.74 Å². The molecule has 0 radical (unpaired) electrons. The van der Waals surface area contributed by atoms with Gasteiger partial charge in [-0.05, 0) is 49.4 Å². The van der Waals surface area contributed by atoms with Crippen LogP contribution in [0, 0.1) is 11.7 Å². The molecule has 2 aromatic rings. The van der Waals surface area contributed by atoms with Crippen molar-refractivity contribution >= 4 is 23.8 Å². The summed E-state index contributed by atoms with van der Waals surface area (Å²) in [7, 11) is 0. The van der Waals surface area contributed by atoms with E-state index in [2.05, 4.69) is 15.3 Å². The molecule has 3 heterocycles. The van der Waals surface area contributed by atoms with Gasteiger partial charge in [0.05, 0.1) is 23.8 Å². The van der Waals surface area contributed by atoms with E-state index in [1.54, 1.807) is 18.3 Å². The second kappa shape index (κ2) is 9.92. The van der Waals surface area contributed by atoms with Crippen molar-refractivity contribution < 1.29 is 23.8 Å². The predicted molar refractivity (Wildman–Crippen MR) is 124 cm³/mol. The second-order valence-corrected chi connectivity index (χ2v) is 9.15. The molecule has 2 aliphatic heterocycles. The number of aliphatic hydroxyl groups is 1. The summed E-state index contributed by atoms with van der Waals surface area (Å²) in [5.41, 5.74) is 0.595. The van der Waals surface area contributed by atoms with Crippen molar-refractivity contribution in [3.8, 4) is 0 Å². The maximum absolute atomic E-state index is 14.9. The summed E-state index contributed by atoms with van der Waals surface area (Å²) in [4.78, 5) is 36.6. The summed E-state index contributed by atoms with van der Waals surface area (Å²) in [6.07, 6.45) is 1.88. The minimum absolute atomic E-state index is 0.0180. The van der Waals surface area contributed by atoms with Crippen molar-refractivity contribution in [2.24, 2.45) is 5.92 Å². The van der Waals surface area contributed by atoms with Gasteiger partial charge in [0.25, 0.3) is 5.91 Å². The van der Waals surface area contributed by atoms with Crippen LogP contribution < -0.4 is 10.2 Å². The van der Waals surface area contributed by atoms with Gasteiger partial charge in [-0.25, -0.2) is 14.2 Å². The first kappa shape index (κ1) is 23.9. The highest BCUT2D eigenvalue weighted by Crippen LogP contribution is 2.27. The number of rotatable bonds is 6. The molecule has 3 atom stereocenters. The first-order valence-electron chi connectivity index (χ1n) is 11.6. The number of cyclic esters (lactones) is 1. The highest BCUT2D eigenvalue weighted by molar-refractivity contribution is 5.94. The van der Waals surface area contributed by atoms with Crippen LogP contribution in [0.3, 0.4) is 0 Å². The number of likely N-dealkylation sites (tertiary alicyclic amines) is 1. The molecule has 0 saturated carbocycles. The standard InChI is InChI=1S/C24H30FN5O4/c1-14(2)20-13-34-24(33)30(20)21-8-9-26-23(28-21)27-15(3)16-6-7-18(19(25)11-16)22(32)29-10-4-5-17(31)12-29/h6-9,11,14-15,17,20,31H,4-5,10,12-13H2,1-3H3,(H,26,27,28)/t15-,17+,20+/m0/s1. The van der Waals surface area contributed by atoms with E-state index in [9.17, 15) is 19.1 Å². The zero-order valence-electron chi connectivity index (χ0n) is 19.6. The van der Waals surface area contributed by atoms with Gasteiger partial charge in [-0.2, -0.15) is 4.98 Å². The van der Waals surface area contributed by atoms with Gasteiger partial charge >= 0.3 is 6.09 Å². The number of hydrogen-bond acceptors (Lipinski definition) is 7. The van der Waals surface area contributed by atoms with Crippen molar-refractivity contribution in [2.45, 2.75) is 51.8 Å². The highest BCUT2D eigenvalue weighted by Gasteiger charge is 2.37. The summed E-state index contributed by atoms with van der Waals surface area (Å²) >= 11 is 0. The van der Waals surface area contributed by atoms with Crippen molar-refractivity contribution in [2.75, 3.05) is 29.9 Å². The Bertz CT molecular complexity index is 1070. The van der Waals surface area contributed by atoms with Crippen molar-refractivity contribution in [3.63, 3.8) is 0 Å². The van der Waals surface area contributed by atoms with Crippen LogP contribution in [0.25, 0.3) is 0 Å². The lowest BCUT2D eigenvalue weighted by molar-refractivity contribution is 0.0470. The Labute approximate surface area is 197 Å². The maximum Gasteiger partial charge on any atom is 0.415 e. The highest BCUT2D eigenvalue weighted by atomic mass is 19.1. The average Bonchev–Trinajstić information content (AvgIpc) is 3.20. The molecule has 0 aliphatic carbocycles. The fourth-order valence-corrected chi connectivity index (χ4v) is 4.30. The van der Waals surface area contributed by atoms with Gasteiger partial charge in [0.2, 0.25) is 5.95 Å². The molecule has 1 aromatic carbocycles. The molecule has 1 aromatic heterocycles. The lowest BCUT2D eigenvalue weighted by Gasteiger charge is -2.30. The van der Waals surface area contributed by atoms with Crippen LogP contribution in [-0.4, -0.2) is 63.8 Å². The van der Waals surface area contributed by atoms with E-state index in [0.29, 0.717) is 37.4 Å². The number of carbonyl (C=O) groups is 2. The molecule has 2 N–H and O–H groups in total. The molecule has 2 saturated heterocycles. The molecule has 34 heavy (non-hydrogen) atoms. The number of halogens is 1. The Morgan fingerprint density at radius 3 is 2.79 bits per heavy atom. The van der Waals surface area contributed by atoms with Crippen LogP contribution in [0.5, 0.6) is 0 Å². The van der Waals surface area contributed by atoms with E-state index in [1.807, 2.05) is 20.8 Å². The molecule has 0 bridgehead atoms. The van der Waals surface area contributed by atoms with Gasteiger partial charge < -0.3 is 20.1 Å². The largest absolute Gasteiger partial charge is 0.447 e. The molecule has 2 aliphatic rings. The number of nitrogens with zero attached hydrogens (tertiary/aromatic N) is 4. The summed E-state index contributed by atoms with van der Waals surface area (Å²) in [6.45, 7) is 6.88. The zero-order valence-corrected chi connectivity index (χ0v) is 19.6. The third-order valence-electron chi connectivity index (χ3n) is 6.32. The number of β-amino-alcohol motifs (C(OH)–C–C–N with tert-alkyl or cyclic N) is 1. The van der Waals surface area contributed by atoms with Crippen LogP contribution >= 0.6 is 0 Å². The second-order valence-electron chi connectivity index (χ2n) is 9.15. The van der Waals surface area contributed by atoms with E-state index in [4.69, 9.17) is 4.74 Å². The third-order valence-corrected chi connectivity index (χ3v) is 6.32. The first-order chi connectivity index (χ1) is 16.2. The molecule has 9 nitrogen and oxygen atoms in total. The zero-order chi connectivity index (χ0) is 24.4. The molecule has 0 unspecified atom stereocenters. The normalized spacial score (nSPS) is 21.5. The smallest absolute Gasteiger partial charge is 0.415 e. The summed E-state index contributed by atoms with van der Waals surface area (Å²) in [5, 5.41) is 12.9. The van der Waals surface area contributed by atoms with E-state index < -0.39 is 23.9 Å². The van der Waals surface area contributed by atoms with E-state index in [1.165, 1.54) is 21.9 Å². The van der Waals surface area contributed by atoms with Gasteiger partial charge in [0.15, 0.2) is 0 Å². The molecule has 10 heteroatoms. The van der Waals surface area contributed by atoms with E-state index in [-0.39, 0.29) is 36.1 Å². The average molecular weight is 472 g/mol. The SMILES string of the molecule is CC(C)[C@H]1COC(=O)N1c1ccnc(N[C@@H](C)c2ccc(C(=O)N3CCC[C@@H](O)C3)c(F)c2)n1. The van der Waals surface area contributed by atoms with Gasteiger partial charge in [0, 0.05) is 19.3 Å². The molecular formula is C24H30FN5O4. The summed E-state index contributed by atoms with van der Waals surface area (Å²) < 4.78 is 20.1. The Hall–Kier alpha value is -3.27. The fraction of sp³-hybridized carbons (Fsp3) is 0.500. The van der Waals surface area contributed by atoms with Crippen molar-refractivity contribution in [1.82, 2.24) is 14.9 Å².